The zero-order chi connectivity index (χ0) is 18.2. The van der Waals surface area contributed by atoms with E-state index in [1.807, 2.05) is 31.2 Å². The van der Waals surface area contributed by atoms with E-state index in [0.717, 1.165) is 11.1 Å². The van der Waals surface area contributed by atoms with Gasteiger partial charge in [0.1, 0.15) is 11.5 Å². The van der Waals surface area contributed by atoms with E-state index >= 15 is 0 Å². The molecule has 1 amide bonds. The van der Waals surface area contributed by atoms with Crippen molar-refractivity contribution in [2.75, 3.05) is 20.8 Å². The molecule has 0 spiro atoms. The molecular formula is C19H21NO5. The lowest BCUT2D eigenvalue weighted by Crippen LogP contribution is -2.28. The monoisotopic (exact) mass is 343 g/mol. The summed E-state index contributed by atoms with van der Waals surface area (Å²) in [5, 5.41) is 2.69. The minimum atomic E-state index is -0.578. The van der Waals surface area contributed by atoms with Crippen LogP contribution >= 0.6 is 0 Å². The van der Waals surface area contributed by atoms with E-state index in [4.69, 9.17) is 14.2 Å². The van der Waals surface area contributed by atoms with Crippen molar-refractivity contribution in [3.8, 4) is 11.5 Å². The molecule has 0 aliphatic carbocycles. The molecule has 0 aliphatic rings. The van der Waals surface area contributed by atoms with Crippen LogP contribution in [0.15, 0.2) is 42.5 Å². The third-order valence-electron chi connectivity index (χ3n) is 3.65. The van der Waals surface area contributed by atoms with Crippen molar-refractivity contribution in [2.45, 2.75) is 13.5 Å². The Morgan fingerprint density at radius 2 is 1.72 bits per heavy atom. The number of ether oxygens (including phenoxy) is 3. The van der Waals surface area contributed by atoms with Gasteiger partial charge >= 0.3 is 5.97 Å². The van der Waals surface area contributed by atoms with Crippen LogP contribution in [0.1, 0.15) is 21.5 Å². The number of aryl methyl sites for hydroxylation is 1. The van der Waals surface area contributed by atoms with Crippen molar-refractivity contribution in [3.05, 3.63) is 59.2 Å². The number of para-hydroxylation sites is 1. The standard InChI is InChI=1S/C19H21NO5/c1-13-8-9-14(10-17(13)24-3)19(22)25-12-18(21)20-11-15-6-4-5-7-16(15)23-2/h4-10H,11-12H2,1-3H3,(H,20,21). The summed E-state index contributed by atoms with van der Waals surface area (Å²) >= 11 is 0. The molecule has 132 valence electrons. The molecule has 0 saturated carbocycles. The highest BCUT2D eigenvalue weighted by atomic mass is 16.5. The van der Waals surface area contributed by atoms with Crippen molar-refractivity contribution in [3.63, 3.8) is 0 Å². The number of hydrogen-bond acceptors (Lipinski definition) is 5. The van der Waals surface area contributed by atoms with Gasteiger partial charge in [0.25, 0.3) is 5.91 Å². The predicted octanol–water partition coefficient (Wildman–Crippen LogP) is 2.49. The first kappa shape index (κ1) is 18.3. The lowest BCUT2D eigenvalue weighted by molar-refractivity contribution is -0.124. The smallest absolute Gasteiger partial charge is 0.338 e. The Labute approximate surface area is 146 Å². The molecule has 0 aliphatic heterocycles. The Morgan fingerprint density at radius 1 is 1.00 bits per heavy atom. The fourth-order valence-corrected chi connectivity index (χ4v) is 2.26. The van der Waals surface area contributed by atoms with Crippen molar-refractivity contribution in [1.29, 1.82) is 0 Å². The SMILES string of the molecule is COc1cc(C(=O)OCC(=O)NCc2ccccc2OC)ccc1C. The quantitative estimate of drug-likeness (QED) is 0.782. The highest BCUT2D eigenvalue weighted by molar-refractivity contribution is 5.91. The highest BCUT2D eigenvalue weighted by Gasteiger charge is 2.12. The summed E-state index contributed by atoms with van der Waals surface area (Å²) in [7, 11) is 3.10. The number of methoxy groups -OCH3 is 2. The molecule has 0 fully saturated rings. The zero-order valence-electron chi connectivity index (χ0n) is 14.5. The molecule has 2 aromatic rings. The molecule has 0 bridgehead atoms. The molecular weight excluding hydrogens is 322 g/mol. The number of amides is 1. The number of rotatable bonds is 7. The van der Waals surface area contributed by atoms with Gasteiger partial charge in [-0.1, -0.05) is 24.3 Å². The molecule has 2 aromatic carbocycles. The van der Waals surface area contributed by atoms with Crippen LogP contribution in [0.3, 0.4) is 0 Å². The van der Waals surface area contributed by atoms with Gasteiger partial charge in [0, 0.05) is 12.1 Å². The molecule has 0 unspecified atom stereocenters. The molecule has 25 heavy (non-hydrogen) atoms. The van der Waals surface area contributed by atoms with E-state index in [-0.39, 0.29) is 6.61 Å². The minimum absolute atomic E-state index is 0.290. The van der Waals surface area contributed by atoms with Gasteiger partial charge in [-0.25, -0.2) is 4.79 Å². The summed E-state index contributed by atoms with van der Waals surface area (Å²) in [6, 6.07) is 12.3. The van der Waals surface area contributed by atoms with Crippen LogP contribution in [0.25, 0.3) is 0 Å². The first-order chi connectivity index (χ1) is 12.0. The van der Waals surface area contributed by atoms with Crippen LogP contribution in [0.2, 0.25) is 0 Å². The Kier molecular flexibility index (Phi) is 6.39. The molecule has 0 radical (unpaired) electrons. The van der Waals surface area contributed by atoms with Crippen molar-refractivity contribution >= 4 is 11.9 Å². The molecule has 1 N–H and O–H groups in total. The summed E-state index contributed by atoms with van der Waals surface area (Å²) in [6.45, 7) is 1.81. The molecule has 6 heteroatoms. The highest BCUT2D eigenvalue weighted by Crippen LogP contribution is 2.19. The minimum Gasteiger partial charge on any atom is -0.496 e. The molecule has 2 rings (SSSR count). The topological polar surface area (TPSA) is 73.9 Å². The first-order valence-corrected chi connectivity index (χ1v) is 7.75. The first-order valence-electron chi connectivity index (χ1n) is 7.75. The van der Waals surface area contributed by atoms with Crippen LogP contribution in [0.4, 0.5) is 0 Å². The fraction of sp³-hybridized carbons (Fsp3) is 0.263. The molecule has 0 aromatic heterocycles. The largest absolute Gasteiger partial charge is 0.496 e. The van der Waals surface area contributed by atoms with Crippen LogP contribution in [0, 0.1) is 6.92 Å². The second-order valence-electron chi connectivity index (χ2n) is 5.35. The van der Waals surface area contributed by atoms with E-state index in [9.17, 15) is 9.59 Å². The number of nitrogens with one attached hydrogen (secondary N) is 1. The summed E-state index contributed by atoms with van der Waals surface area (Å²) in [5.74, 6) is 0.311. The van der Waals surface area contributed by atoms with E-state index in [1.54, 1.807) is 25.3 Å². The van der Waals surface area contributed by atoms with Gasteiger partial charge in [-0.3, -0.25) is 4.79 Å². The van der Waals surface area contributed by atoms with Crippen molar-refractivity contribution in [1.82, 2.24) is 5.32 Å². The van der Waals surface area contributed by atoms with Crippen molar-refractivity contribution < 1.29 is 23.8 Å². The van der Waals surface area contributed by atoms with Crippen LogP contribution < -0.4 is 14.8 Å². The number of hydrogen-bond donors (Lipinski definition) is 1. The number of benzene rings is 2. The van der Waals surface area contributed by atoms with Crippen LogP contribution in [-0.4, -0.2) is 32.7 Å². The van der Waals surface area contributed by atoms with E-state index < -0.39 is 11.9 Å². The third kappa shape index (κ3) is 4.97. The van der Waals surface area contributed by atoms with Gasteiger partial charge in [0.2, 0.25) is 0 Å². The number of esters is 1. The summed E-state index contributed by atoms with van der Waals surface area (Å²) in [4.78, 5) is 23.9. The van der Waals surface area contributed by atoms with Gasteiger partial charge in [-0.2, -0.15) is 0 Å². The van der Waals surface area contributed by atoms with Gasteiger partial charge in [-0.15, -0.1) is 0 Å². The molecule has 0 atom stereocenters. The van der Waals surface area contributed by atoms with Gasteiger partial charge in [-0.05, 0) is 30.7 Å². The van der Waals surface area contributed by atoms with Gasteiger partial charge in [0.05, 0.1) is 19.8 Å². The summed E-state index contributed by atoms with van der Waals surface area (Å²) in [6.07, 6.45) is 0. The summed E-state index contributed by atoms with van der Waals surface area (Å²) in [5.41, 5.74) is 2.08. The Morgan fingerprint density at radius 3 is 2.44 bits per heavy atom. The second-order valence-corrected chi connectivity index (χ2v) is 5.35. The maximum absolute atomic E-state index is 12.0. The molecule has 6 nitrogen and oxygen atoms in total. The average Bonchev–Trinajstić information content (AvgIpc) is 2.64. The number of carbonyl (C=O) groups is 2. The summed E-state index contributed by atoms with van der Waals surface area (Å²) < 4.78 is 15.4. The average molecular weight is 343 g/mol. The van der Waals surface area contributed by atoms with Crippen LogP contribution in [-0.2, 0) is 16.1 Å². The molecule has 0 heterocycles. The normalized spacial score (nSPS) is 10.0. The lowest BCUT2D eigenvalue weighted by atomic mass is 10.1. The van der Waals surface area contributed by atoms with E-state index in [0.29, 0.717) is 23.6 Å². The maximum atomic E-state index is 12.0. The zero-order valence-corrected chi connectivity index (χ0v) is 14.5. The predicted molar refractivity (Wildman–Crippen MR) is 92.9 cm³/mol. The number of carbonyl (C=O) groups excluding carboxylic acids is 2. The Balaban J connectivity index is 1.86. The third-order valence-corrected chi connectivity index (χ3v) is 3.65. The van der Waals surface area contributed by atoms with Crippen LogP contribution in [0.5, 0.6) is 11.5 Å². The van der Waals surface area contributed by atoms with E-state index in [1.165, 1.54) is 7.11 Å². The Bertz CT molecular complexity index is 757. The molecule has 0 saturated heterocycles. The Hall–Kier alpha value is -3.02. The maximum Gasteiger partial charge on any atom is 0.338 e. The van der Waals surface area contributed by atoms with E-state index in [2.05, 4.69) is 5.32 Å². The van der Waals surface area contributed by atoms with Gasteiger partial charge in [0.15, 0.2) is 6.61 Å². The van der Waals surface area contributed by atoms with Gasteiger partial charge < -0.3 is 19.5 Å². The fourth-order valence-electron chi connectivity index (χ4n) is 2.26. The lowest BCUT2D eigenvalue weighted by Gasteiger charge is -2.10. The van der Waals surface area contributed by atoms with Crippen molar-refractivity contribution in [2.24, 2.45) is 0 Å². The second kappa shape index (κ2) is 8.73.